The van der Waals surface area contributed by atoms with E-state index in [-0.39, 0.29) is 11.5 Å². The van der Waals surface area contributed by atoms with Crippen molar-refractivity contribution in [2.75, 3.05) is 0 Å². The topological polar surface area (TPSA) is 81.1 Å². The average molecular weight is 311 g/mol. The van der Waals surface area contributed by atoms with Gasteiger partial charge in [0.1, 0.15) is 0 Å². The van der Waals surface area contributed by atoms with Crippen LogP contribution in [0.3, 0.4) is 0 Å². The van der Waals surface area contributed by atoms with Crippen LogP contribution in [-0.2, 0) is 7.05 Å². The summed E-state index contributed by atoms with van der Waals surface area (Å²) in [6, 6.07) is 7.71. The molecule has 3 rings (SSSR count). The highest BCUT2D eigenvalue weighted by molar-refractivity contribution is 5.97. The molecule has 3 aromatic rings. The van der Waals surface area contributed by atoms with E-state index in [1.165, 1.54) is 0 Å². The number of aryl methyl sites for hydroxylation is 1. The van der Waals surface area contributed by atoms with Gasteiger partial charge in [-0.25, -0.2) is 4.79 Å². The molecule has 23 heavy (non-hydrogen) atoms. The maximum absolute atomic E-state index is 11.6. The zero-order valence-corrected chi connectivity index (χ0v) is 13.4. The number of carbonyl (C=O) groups is 1. The first-order valence-electron chi connectivity index (χ1n) is 7.20. The van der Waals surface area contributed by atoms with Gasteiger partial charge < -0.3 is 14.1 Å². The normalized spacial score (nSPS) is 11.0. The molecule has 0 unspecified atom stereocenters. The van der Waals surface area contributed by atoms with E-state index in [0.717, 1.165) is 16.8 Å². The minimum Gasteiger partial charge on any atom is -0.478 e. The van der Waals surface area contributed by atoms with Crippen LogP contribution in [-0.4, -0.2) is 25.8 Å². The fourth-order valence-corrected chi connectivity index (χ4v) is 2.61. The molecule has 0 bridgehead atoms. The number of nitrogens with zero attached hydrogens (tertiary/aromatic N) is 3. The number of benzene rings is 1. The van der Waals surface area contributed by atoms with Crippen LogP contribution in [0.25, 0.3) is 22.9 Å². The summed E-state index contributed by atoms with van der Waals surface area (Å²) in [6.07, 6.45) is 0. The predicted molar refractivity (Wildman–Crippen MR) is 85.3 cm³/mol. The van der Waals surface area contributed by atoms with E-state index >= 15 is 0 Å². The van der Waals surface area contributed by atoms with Gasteiger partial charge in [0.25, 0.3) is 5.89 Å². The van der Waals surface area contributed by atoms with E-state index < -0.39 is 5.97 Å². The van der Waals surface area contributed by atoms with Crippen molar-refractivity contribution in [2.24, 2.45) is 7.05 Å². The monoisotopic (exact) mass is 311 g/mol. The molecule has 0 radical (unpaired) electrons. The predicted octanol–water partition coefficient (Wildman–Crippen LogP) is 3.37. The van der Waals surface area contributed by atoms with Crippen LogP contribution in [0.5, 0.6) is 0 Å². The number of aromatic nitrogens is 3. The lowest BCUT2D eigenvalue weighted by Crippen LogP contribution is -2.00. The van der Waals surface area contributed by atoms with Gasteiger partial charge in [-0.2, -0.15) is 0 Å². The van der Waals surface area contributed by atoms with Crippen LogP contribution in [0.2, 0.25) is 0 Å². The maximum atomic E-state index is 11.6. The summed E-state index contributed by atoms with van der Waals surface area (Å²) in [5.41, 5.74) is 4.04. The molecule has 0 spiro atoms. The van der Waals surface area contributed by atoms with E-state index in [2.05, 4.69) is 10.2 Å². The molecule has 6 nitrogen and oxygen atoms in total. The number of rotatable bonds is 3. The second kappa shape index (κ2) is 5.39. The fourth-order valence-electron chi connectivity index (χ4n) is 2.61. The fraction of sp³-hybridized carbons (Fsp3) is 0.235. The first kappa shape index (κ1) is 15.0. The van der Waals surface area contributed by atoms with Crippen molar-refractivity contribution in [3.8, 4) is 22.9 Å². The van der Waals surface area contributed by atoms with Crippen LogP contribution in [0.1, 0.15) is 27.3 Å². The molecule has 1 aromatic carbocycles. The Labute approximate surface area is 133 Å². The van der Waals surface area contributed by atoms with Gasteiger partial charge in [-0.05, 0) is 32.9 Å². The first-order chi connectivity index (χ1) is 10.9. The zero-order valence-electron chi connectivity index (χ0n) is 13.4. The second-order valence-electron chi connectivity index (χ2n) is 5.56. The summed E-state index contributed by atoms with van der Waals surface area (Å²) >= 11 is 0. The largest absolute Gasteiger partial charge is 0.478 e. The Morgan fingerprint density at radius 3 is 2.26 bits per heavy atom. The highest BCUT2D eigenvalue weighted by atomic mass is 16.4. The molecule has 0 fully saturated rings. The Morgan fingerprint density at radius 2 is 1.65 bits per heavy atom. The summed E-state index contributed by atoms with van der Waals surface area (Å²) in [5.74, 6) is -0.410. The molecule has 0 atom stereocenters. The van der Waals surface area contributed by atoms with Gasteiger partial charge in [-0.1, -0.05) is 17.7 Å². The lowest BCUT2D eigenvalue weighted by molar-refractivity contribution is 0.0696. The van der Waals surface area contributed by atoms with Crippen LogP contribution in [0.15, 0.2) is 28.7 Å². The molecule has 2 heterocycles. The molecule has 0 aliphatic heterocycles. The third-order valence-corrected chi connectivity index (χ3v) is 4.13. The Balaban J connectivity index is 2.13. The lowest BCUT2D eigenvalue weighted by atomic mass is 10.1. The van der Waals surface area contributed by atoms with Crippen molar-refractivity contribution in [3.05, 3.63) is 46.8 Å². The molecule has 0 amide bonds. The zero-order chi connectivity index (χ0) is 16.7. The minimum absolute atomic E-state index is 0.198. The van der Waals surface area contributed by atoms with E-state index in [4.69, 9.17) is 4.42 Å². The average Bonchev–Trinajstić information content (AvgIpc) is 3.07. The number of hydrogen-bond acceptors (Lipinski definition) is 4. The molecule has 118 valence electrons. The molecule has 6 heteroatoms. The van der Waals surface area contributed by atoms with Crippen molar-refractivity contribution in [3.63, 3.8) is 0 Å². The maximum Gasteiger partial charge on any atom is 0.338 e. The third-order valence-electron chi connectivity index (χ3n) is 4.13. The summed E-state index contributed by atoms with van der Waals surface area (Å²) in [4.78, 5) is 11.6. The molecule has 1 N–H and O–H groups in total. The summed E-state index contributed by atoms with van der Waals surface area (Å²) in [6.45, 7) is 5.60. The Bertz CT molecular complexity index is 889. The standard InChI is InChI=1S/C17H17N3O3/c1-9-5-7-12(8-6-9)15-18-19-16(23-15)13-10(2)20(4)11(3)14(13)17(21)22/h5-8H,1-4H3,(H,21,22). The van der Waals surface area contributed by atoms with Gasteiger partial charge in [0.05, 0.1) is 11.1 Å². The number of carboxylic acid groups (broad SMARTS) is 1. The van der Waals surface area contributed by atoms with Crippen molar-refractivity contribution in [1.29, 1.82) is 0 Å². The van der Waals surface area contributed by atoms with Crippen molar-refractivity contribution >= 4 is 5.97 Å². The van der Waals surface area contributed by atoms with Crippen LogP contribution in [0, 0.1) is 20.8 Å². The smallest absolute Gasteiger partial charge is 0.338 e. The molecular formula is C17H17N3O3. The van der Waals surface area contributed by atoms with Gasteiger partial charge in [0, 0.05) is 24.0 Å². The molecule has 0 saturated carbocycles. The Hall–Kier alpha value is -2.89. The summed E-state index contributed by atoms with van der Waals surface area (Å²) in [5, 5.41) is 17.6. The van der Waals surface area contributed by atoms with Crippen molar-refractivity contribution in [2.45, 2.75) is 20.8 Å². The number of hydrogen-bond donors (Lipinski definition) is 1. The van der Waals surface area contributed by atoms with Crippen molar-refractivity contribution < 1.29 is 14.3 Å². The Kier molecular flexibility index (Phi) is 3.52. The molecule has 0 saturated heterocycles. The van der Waals surface area contributed by atoms with Gasteiger partial charge in [-0.15, -0.1) is 10.2 Å². The SMILES string of the molecule is Cc1ccc(-c2nnc(-c3c(C(=O)O)c(C)n(C)c3C)o2)cc1. The first-order valence-corrected chi connectivity index (χ1v) is 7.20. The lowest BCUT2D eigenvalue weighted by Gasteiger charge is -1.99. The quantitative estimate of drug-likeness (QED) is 0.802. The summed E-state index contributed by atoms with van der Waals surface area (Å²) < 4.78 is 7.55. The van der Waals surface area contributed by atoms with Gasteiger partial charge in [0.2, 0.25) is 5.89 Å². The van der Waals surface area contributed by atoms with E-state index in [0.29, 0.717) is 17.1 Å². The van der Waals surface area contributed by atoms with Gasteiger partial charge >= 0.3 is 5.97 Å². The highest BCUT2D eigenvalue weighted by Gasteiger charge is 2.26. The van der Waals surface area contributed by atoms with E-state index in [1.807, 2.05) is 49.7 Å². The second-order valence-corrected chi connectivity index (χ2v) is 5.56. The Morgan fingerprint density at radius 1 is 1.04 bits per heavy atom. The van der Waals surface area contributed by atoms with Crippen LogP contribution in [0.4, 0.5) is 0 Å². The molecule has 0 aliphatic carbocycles. The molecule has 2 aromatic heterocycles. The number of carboxylic acids is 1. The van der Waals surface area contributed by atoms with Crippen LogP contribution < -0.4 is 0 Å². The summed E-state index contributed by atoms with van der Waals surface area (Å²) in [7, 11) is 1.82. The van der Waals surface area contributed by atoms with Gasteiger partial charge in [-0.3, -0.25) is 0 Å². The third kappa shape index (κ3) is 2.42. The van der Waals surface area contributed by atoms with E-state index in [1.54, 1.807) is 6.92 Å². The number of aromatic carboxylic acids is 1. The van der Waals surface area contributed by atoms with Crippen molar-refractivity contribution in [1.82, 2.24) is 14.8 Å². The molecule has 0 aliphatic rings. The highest BCUT2D eigenvalue weighted by Crippen LogP contribution is 2.32. The van der Waals surface area contributed by atoms with E-state index in [9.17, 15) is 9.90 Å². The molecular weight excluding hydrogens is 294 g/mol. The van der Waals surface area contributed by atoms with Crippen LogP contribution >= 0.6 is 0 Å². The van der Waals surface area contributed by atoms with Gasteiger partial charge in [0.15, 0.2) is 0 Å². The minimum atomic E-state index is -1.00.